The Labute approximate surface area is 170 Å². The molecule has 25 heavy (non-hydrogen) atoms. The molecular formula is C24H26Zr. The van der Waals surface area contributed by atoms with Gasteiger partial charge in [-0.05, 0) is 77.5 Å². The van der Waals surface area contributed by atoms with Gasteiger partial charge in [-0.15, -0.1) is 0 Å². The molecule has 0 atom stereocenters. The molecule has 4 rings (SSSR count). The maximum Gasteiger partial charge on any atom is 0 e. The summed E-state index contributed by atoms with van der Waals surface area (Å²) in [4.78, 5) is 0. The van der Waals surface area contributed by atoms with Gasteiger partial charge in [0.05, 0.1) is 0 Å². The third-order valence-electron chi connectivity index (χ3n) is 5.43. The second-order valence-electron chi connectivity index (χ2n) is 7.53. The number of benzene rings is 2. The molecule has 0 radical (unpaired) electrons. The number of hydrogen-bond donors (Lipinski definition) is 0. The summed E-state index contributed by atoms with van der Waals surface area (Å²) in [5, 5.41) is 2.78. The van der Waals surface area contributed by atoms with Crippen molar-refractivity contribution in [1.82, 2.24) is 0 Å². The Morgan fingerprint density at radius 2 is 1.56 bits per heavy atom. The van der Waals surface area contributed by atoms with Gasteiger partial charge in [0.1, 0.15) is 0 Å². The zero-order valence-electron chi connectivity index (χ0n) is 15.3. The van der Waals surface area contributed by atoms with Crippen LogP contribution in [0.4, 0.5) is 0 Å². The van der Waals surface area contributed by atoms with Gasteiger partial charge in [0.15, 0.2) is 0 Å². The quantitative estimate of drug-likeness (QED) is 0.656. The molecule has 2 aliphatic rings. The van der Waals surface area contributed by atoms with E-state index in [1.54, 1.807) is 0 Å². The number of fused-ring (bicyclic) bond motifs is 1. The van der Waals surface area contributed by atoms with Crippen molar-refractivity contribution in [3.63, 3.8) is 0 Å². The van der Waals surface area contributed by atoms with Gasteiger partial charge in [-0.2, -0.15) is 0 Å². The van der Waals surface area contributed by atoms with Crippen molar-refractivity contribution in [2.24, 2.45) is 5.92 Å². The molecule has 0 aliphatic heterocycles. The van der Waals surface area contributed by atoms with E-state index in [1.165, 1.54) is 70.4 Å². The maximum atomic E-state index is 2.52. The Hall–Kier alpha value is -1.20. The standard InChI is InChI=1S/C24H26.Zr/c1-17-8-10-21(11-9-17)23-13-18(2)12-22-15-20(16-24(22)23)14-19-6-4-3-5-7-19;/h8-16,19H,3-7H2,1-2H3;. The van der Waals surface area contributed by atoms with Gasteiger partial charge in [0.2, 0.25) is 0 Å². The molecule has 126 valence electrons. The maximum absolute atomic E-state index is 2.52. The summed E-state index contributed by atoms with van der Waals surface area (Å²) < 4.78 is 0. The van der Waals surface area contributed by atoms with E-state index < -0.39 is 0 Å². The van der Waals surface area contributed by atoms with Crippen LogP contribution in [0.1, 0.15) is 43.2 Å². The van der Waals surface area contributed by atoms with Gasteiger partial charge < -0.3 is 0 Å². The van der Waals surface area contributed by atoms with E-state index in [0.29, 0.717) is 0 Å². The molecule has 0 heterocycles. The van der Waals surface area contributed by atoms with Crippen molar-refractivity contribution >= 4 is 12.2 Å². The fraction of sp³-hybridized carbons (Fsp3) is 0.333. The first-order valence-electron chi connectivity index (χ1n) is 9.32. The number of allylic oxidation sites excluding steroid dienone is 2. The molecule has 1 fully saturated rings. The Bertz CT molecular complexity index is 894. The van der Waals surface area contributed by atoms with Gasteiger partial charge >= 0.3 is 0 Å². The summed E-state index contributed by atoms with van der Waals surface area (Å²) in [5.74, 6) is 0.777. The topological polar surface area (TPSA) is 0 Å². The second-order valence-corrected chi connectivity index (χ2v) is 7.53. The number of aryl methyl sites for hydroxylation is 2. The molecule has 0 spiro atoms. The van der Waals surface area contributed by atoms with E-state index in [9.17, 15) is 0 Å². The zero-order chi connectivity index (χ0) is 16.5. The zero-order valence-corrected chi connectivity index (χ0v) is 17.8. The molecule has 2 aromatic rings. The van der Waals surface area contributed by atoms with Gasteiger partial charge in [0.25, 0.3) is 0 Å². The molecule has 0 N–H and O–H groups in total. The predicted octanol–water partition coefficient (Wildman–Crippen LogP) is 5.05. The van der Waals surface area contributed by atoms with Crippen molar-refractivity contribution in [2.45, 2.75) is 46.0 Å². The summed E-state index contributed by atoms with van der Waals surface area (Å²) >= 11 is 0. The van der Waals surface area contributed by atoms with Crippen molar-refractivity contribution in [3.8, 4) is 11.1 Å². The minimum Gasteiger partial charge on any atom is -0.0741 e. The Balaban J connectivity index is 0.00000182. The van der Waals surface area contributed by atoms with Crippen molar-refractivity contribution in [1.29, 1.82) is 0 Å². The van der Waals surface area contributed by atoms with Crippen LogP contribution < -0.4 is 10.4 Å². The van der Waals surface area contributed by atoms with Crippen LogP contribution in [0, 0.1) is 19.8 Å². The molecule has 0 amide bonds. The average Bonchev–Trinajstić information content (AvgIpc) is 2.98. The largest absolute Gasteiger partial charge is 0.0741 e. The third kappa shape index (κ3) is 4.14. The molecular weight excluding hydrogens is 379 g/mol. The fourth-order valence-electron chi connectivity index (χ4n) is 4.14. The molecule has 2 aliphatic carbocycles. The van der Waals surface area contributed by atoms with E-state index in [2.05, 4.69) is 68.5 Å². The van der Waals surface area contributed by atoms with Gasteiger partial charge in [-0.3, -0.25) is 0 Å². The Kier molecular flexibility index (Phi) is 5.95. The van der Waals surface area contributed by atoms with Crippen LogP contribution in [0.5, 0.6) is 0 Å². The first-order valence-corrected chi connectivity index (χ1v) is 9.32. The molecule has 0 saturated heterocycles. The molecule has 0 aromatic heterocycles. The first kappa shape index (κ1) is 18.6. The van der Waals surface area contributed by atoms with E-state index in [1.807, 2.05) is 0 Å². The summed E-state index contributed by atoms with van der Waals surface area (Å²) in [7, 11) is 0. The van der Waals surface area contributed by atoms with Gasteiger partial charge in [-0.25, -0.2) is 0 Å². The second kappa shape index (κ2) is 8.00. The Morgan fingerprint density at radius 3 is 2.28 bits per heavy atom. The number of rotatable bonds is 2. The smallest absolute Gasteiger partial charge is 0 e. The van der Waals surface area contributed by atoms with Crippen molar-refractivity contribution < 1.29 is 26.2 Å². The van der Waals surface area contributed by atoms with Crippen molar-refractivity contribution in [3.05, 3.63) is 69.6 Å². The van der Waals surface area contributed by atoms with Gasteiger partial charge in [-0.1, -0.05) is 67.3 Å². The SMILES string of the molecule is Cc1ccc(-c2cc(C)cc3c2=CC(=CC2CCCCC2)C=3)cc1.[Zr]. The van der Waals surface area contributed by atoms with E-state index in [0.717, 1.165) is 5.92 Å². The monoisotopic (exact) mass is 404 g/mol. The first-order chi connectivity index (χ1) is 11.7. The molecule has 0 nitrogen and oxygen atoms in total. The summed E-state index contributed by atoms with van der Waals surface area (Å²) in [5.41, 5.74) is 6.76. The van der Waals surface area contributed by atoms with Crippen LogP contribution in [0.15, 0.2) is 48.0 Å². The molecule has 2 aromatic carbocycles. The van der Waals surface area contributed by atoms with Crippen LogP contribution in [0.25, 0.3) is 23.3 Å². The molecule has 1 heteroatoms. The van der Waals surface area contributed by atoms with Gasteiger partial charge in [0, 0.05) is 26.2 Å². The molecule has 1 saturated carbocycles. The average molecular weight is 406 g/mol. The molecule has 0 unspecified atom stereocenters. The Morgan fingerprint density at radius 1 is 0.840 bits per heavy atom. The minimum absolute atomic E-state index is 0. The van der Waals surface area contributed by atoms with Crippen molar-refractivity contribution in [2.75, 3.05) is 0 Å². The predicted molar refractivity (Wildman–Crippen MR) is 104 cm³/mol. The summed E-state index contributed by atoms with van der Waals surface area (Å²) in [6, 6.07) is 13.6. The summed E-state index contributed by atoms with van der Waals surface area (Å²) in [6.07, 6.45) is 14.3. The van der Waals surface area contributed by atoms with Crippen LogP contribution in [-0.4, -0.2) is 0 Å². The van der Waals surface area contributed by atoms with Crippen LogP contribution in [0.2, 0.25) is 0 Å². The normalized spacial score (nSPS) is 18.2. The molecule has 0 bridgehead atoms. The van der Waals surface area contributed by atoms with E-state index >= 15 is 0 Å². The minimum atomic E-state index is 0. The fourth-order valence-corrected chi connectivity index (χ4v) is 4.14. The van der Waals surface area contributed by atoms with Crippen LogP contribution in [-0.2, 0) is 26.2 Å². The van der Waals surface area contributed by atoms with E-state index in [-0.39, 0.29) is 26.2 Å². The van der Waals surface area contributed by atoms with Crippen LogP contribution in [0.3, 0.4) is 0 Å². The van der Waals surface area contributed by atoms with Crippen LogP contribution >= 0.6 is 0 Å². The number of hydrogen-bond acceptors (Lipinski definition) is 0. The third-order valence-corrected chi connectivity index (χ3v) is 5.43. The van der Waals surface area contributed by atoms with E-state index in [4.69, 9.17) is 0 Å². The summed E-state index contributed by atoms with van der Waals surface area (Å²) in [6.45, 7) is 4.35.